The van der Waals surface area contributed by atoms with Gasteiger partial charge in [-0.2, -0.15) is 0 Å². The van der Waals surface area contributed by atoms with Gasteiger partial charge in [-0.05, 0) is 27.7 Å². The molecule has 0 heterocycles. The fraction of sp³-hybridized carbons (Fsp3) is 0.636. The standard InChI is InChI=1S/C22H36N2O9/c1-15(8-7-9-23-21(29)33-22(2,3)4)10-17(32-14-30-5)11-16(26)12-19(27)24-18(13-25)20(28)31-6/h7-8,10,17-18,25H,9,11-14H2,1-6H3,(H,23,29)(H,24,27)/b8-7+,15-10+/t17-,18?/m1/s1. The van der Waals surface area contributed by atoms with Crippen molar-refractivity contribution < 1.29 is 43.2 Å². The minimum Gasteiger partial charge on any atom is -0.467 e. The van der Waals surface area contributed by atoms with Crippen molar-refractivity contribution in [3.8, 4) is 0 Å². The van der Waals surface area contributed by atoms with Crippen molar-refractivity contribution in [3.63, 3.8) is 0 Å². The lowest BCUT2D eigenvalue weighted by molar-refractivity contribution is -0.146. The van der Waals surface area contributed by atoms with Gasteiger partial charge in [0.1, 0.15) is 18.2 Å². The second-order valence-electron chi connectivity index (χ2n) is 8.05. The molecule has 0 aromatic rings. The van der Waals surface area contributed by atoms with Gasteiger partial charge in [0, 0.05) is 20.1 Å². The summed E-state index contributed by atoms with van der Waals surface area (Å²) >= 11 is 0. The Morgan fingerprint density at radius 2 is 1.79 bits per heavy atom. The summed E-state index contributed by atoms with van der Waals surface area (Å²) in [6, 6.07) is -1.24. The molecule has 11 heteroatoms. The van der Waals surface area contributed by atoms with E-state index >= 15 is 0 Å². The first-order valence-electron chi connectivity index (χ1n) is 10.3. The lowest BCUT2D eigenvalue weighted by Crippen LogP contribution is -2.44. The number of aliphatic hydroxyl groups is 1. The largest absolute Gasteiger partial charge is 0.467 e. The summed E-state index contributed by atoms with van der Waals surface area (Å²) in [4.78, 5) is 47.3. The number of esters is 1. The van der Waals surface area contributed by atoms with Gasteiger partial charge in [0.05, 0.1) is 26.2 Å². The molecule has 0 spiro atoms. The van der Waals surface area contributed by atoms with Gasteiger partial charge < -0.3 is 34.7 Å². The average Bonchev–Trinajstić information content (AvgIpc) is 2.71. The van der Waals surface area contributed by atoms with Crippen molar-refractivity contribution in [1.29, 1.82) is 0 Å². The number of ether oxygens (including phenoxy) is 4. The number of alkyl carbamates (subject to hydrolysis) is 1. The number of ketones is 1. The van der Waals surface area contributed by atoms with Crippen LogP contribution in [-0.2, 0) is 33.3 Å². The monoisotopic (exact) mass is 472 g/mol. The number of carbonyl (C=O) groups is 4. The Labute approximate surface area is 194 Å². The van der Waals surface area contributed by atoms with Crippen molar-refractivity contribution in [1.82, 2.24) is 10.6 Å². The molecule has 0 bridgehead atoms. The number of carbonyl (C=O) groups excluding carboxylic acids is 4. The fourth-order valence-corrected chi connectivity index (χ4v) is 2.41. The molecule has 0 aliphatic rings. The van der Waals surface area contributed by atoms with Crippen molar-refractivity contribution in [3.05, 3.63) is 23.8 Å². The predicted octanol–water partition coefficient (Wildman–Crippen LogP) is 1.00. The number of hydrogen-bond donors (Lipinski definition) is 3. The molecule has 0 radical (unpaired) electrons. The summed E-state index contributed by atoms with van der Waals surface area (Å²) in [5.41, 5.74) is 0.169. The Morgan fingerprint density at radius 1 is 1.12 bits per heavy atom. The van der Waals surface area contributed by atoms with Crippen LogP contribution in [0.3, 0.4) is 0 Å². The van der Waals surface area contributed by atoms with Crippen LogP contribution in [0.4, 0.5) is 4.79 Å². The summed E-state index contributed by atoms with van der Waals surface area (Å²) in [7, 11) is 2.56. The fourth-order valence-electron chi connectivity index (χ4n) is 2.41. The van der Waals surface area contributed by atoms with Crippen LogP contribution in [0.25, 0.3) is 0 Å². The van der Waals surface area contributed by atoms with Crippen molar-refractivity contribution in [2.24, 2.45) is 0 Å². The minimum absolute atomic E-state index is 0.0627. The van der Waals surface area contributed by atoms with Gasteiger partial charge >= 0.3 is 12.1 Å². The second kappa shape index (κ2) is 15.9. The van der Waals surface area contributed by atoms with E-state index in [9.17, 15) is 19.2 Å². The summed E-state index contributed by atoms with van der Waals surface area (Å²) in [5.74, 6) is -1.97. The van der Waals surface area contributed by atoms with Crippen LogP contribution in [0.5, 0.6) is 0 Å². The molecule has 33 heavy (non-hydrogen) atoms. The van der Waals surface area contributed by atoms with Gasteiger partial charge in [-0.3, -0.25) is 9.59 Å². The summed E-state index contributed by atoms with van der Waals surface area (Å²) in [6.07, 6.45) is 3.32. The molecular weight excluding hydrogens is 436 g/mol. The SMILES string of the molecule is COCO[C@H](/C=C(C)/C=C/CNC(=O)OC(C)(C)C)CC(=O)CC(=O)NC(CO)C(=O)OC. The van der Waals surface area contributed by atoms with Crippen molar-refractivity contribution >= 4 is 23.8 Å². The van der Waals surface area contributed by atoms with Crippen LogP contribution in [-0.4, -0.2) is 80.8 Å². The normalized spacial score (nSPS) is 13.8. The smallest absolute Gasteiger partial charge is 0.407 e. The Bertz CT molecular complexity index is 711. The first-order valence-corrected chi connectivity index (χ1v) is 10.3. The summed E-state index contributed by atoms with van der Waals surface area (Å²) in [5, 5.41) is 14.0. The van der Waals surface area contributed by atoms with Crippen LogP contribution < -0.4 is 10.6 Å². The number of rotatable bonds is 14. The van der Waals surface area contributed by atoms with Crippen LogP contribution in [0.1, 0.15) is 40.5 Å². The zero-order valence-corrected chi connectivity index (χ0v) is 20.1. The number of allylic oxidation sites excluding steroid dienone is 2. The maximum Gasteiger partial charge on any atom is 0.407 e. The van der Waals surface area contributed by atoms with E-state index < -0.39 is 54.5 Å². The number of Topliss-reactive ketones (excluding diaryl/α,β-unsaturated/α-hetero) is 1. The molecular formula is C22H36N2O9. The van der Waals surface area contributed by atoms with Crippen LogP contribution >= 0.6 is 0 Å². The molecule has 2 atom stereocenters. The van der Waals surface area contributed by atoms with Gasteiger partial charge in [-0.15, -0.1) is 0 Å². The lowest BCUT2D eigenvalue weighted by Gasteiger charge is -2.19. The van der Waals surface area contributed by atoms with Gasteiger partial charge in [0.15, 0.2) is 6.04 Å². The molecule has 0 aliphatic heterocycles. The predicted molar refractivity (Wildman–Crippen MR) is 119 cm³/mol. The lowest BCUT2D eigenvalue weighted by atomic mass is 10.1. The minimum atomic E-state index is -1.24. The molecule has 11 nitrogen and oxygen atoms in total. The Morgan fingerprint density at radius 3 is 2.33 bits per heavy atom. The molecule has 0 rings (SSSR count). The molecule has 188 valence electrons. The van der Waals surface area contributed by atoms with E-state index in [-0.39, 0.29) is 19.8 Å². The highest BCUT2D eigenvalue weighted by atomic mass is 16.7. The second-order valence-corrected chi connectivity index (χ2v) is 8.05. The Kier molecular flexibility index (Phi) is 14.6. The molecule has 0 aromatic carbocycles. The van der Waals surface area contributed by atoms with Crippen molar-refractivity contribution in [2.75, 3.05) is 34.2 Å². The van der Waals surface area contributed by atoms with Gasteiger partial charge in [0.25, 0.3) is 0 Å². The number of aliphatic hydroxyl groups excluding tert-OH is 1. The topological polar surface area (TPSA) is 149 Å². The molecule has 1 unspecified atom stereocenters. The number of nitrogens with one attached hydrogen (secondary N) is 2. The molecule has 2 amide bonds. The zero-order chi connectivity index (χ0) is 25.4. The van der Waals surface area contributed by atoms with Crippen molar-refractivity contribution in [2.45, 2.75) is 58.3 Å². The Hall–Kier alpha value is -2.76. The van der Waals surface area contributed by atoms with Gasteiger partial charge in [-0.25, -0.2) is 9.59 Å². The number of amides is 2. The molecule has 3 N–H and O–H groups in total. The summed E-state index contributed by atoms with van der Waals surface area (Å²) in [6.45, 7) is 6.62. The highest BCUT2D eigenvalue weighted by molar-refractivity contribution is 5.99. The van der Waals surface area contributed by atoms with E-state index in [1.165, 1.54) is 7.11 Å². The molecule has 0 saturated carbocycles. The third-order valence-electron chi connectivity index (χ3n) is 3.78. The maximum absolute atomic E-state index is 12.3. The van der Waals surface area contributed by atoms with Crippen LogP contribution in [0.2, 0.25) is 0 Å². The zero-order valence-electron chi connectivity index (χ0n) is 20.1. The molecule has 0 saturated heterocycles. The average molecular weight is 473 g/mol. The molecule has 0 aromatic heterocycles. The van der Waals surface area contributed by atoms with E-state index in [1.54, 1.807) is 45.9 Å². The van der Waals surface area contributed by atoms with E-state index in [1.807, 2.05) is 0 Å². The van der Waals surface area contributed by atoms with Crippen LogP contribution in [0.15, 0.2) is 23.8 Å². The van der Waals surface area contributed by atoms with E-state index in [4.69, 9.17) is 19.3 Å². The quantitative estimate of drug-likeness (QED) is 0.146. The first kappa shape index (κ1) is 30.2. The summed E-state index contributed by atoms with van der Waals surface area (Å²) < 4.78 is 20.0. The van der Waals surface area contributed by atoms with Gasteiger partial charge in [-0.1, -0.05) is 23.8 Å². The van der Waals surface area contributed by atoms with Gasteiger partial charge in [0.2, 0.25) is 5.91 Å². The van der Waals surface area contributed by atoms with E-state index in [2.05, 4.69) is 15.4 Å². The number of hydrogen-bond acceptors (Lipinski definition) is 9. The molecule has 0 aliphatic carbocycles. The highest BCUT2D eigenvalue weighted by Gasteiger charge is 2.22. The first-order chi connectivity index (χ1) is 15.4. The number of methoxy groups -OCH3 is 2. The Balaban J connectivity index is 4.82. The van der Waals surface area contributed by atoms with E-state index in [0.29, 0.717) is 0 Å². The van der Waals surface area contributed by atoms with Crippen LogP contribution in [0, 0.1) is 0 Å². The molecule has 0 fully saturated rings. The highest BCUT2D eigenvalue weighted by Crippen LogP contribution is 2.09. The third kappa shape index (κ3) is 15.6. The maximum atomic E-state index is 12.3. The third-order valence-corrected chi connectivity index (χ3v) is 3.78. The van der Waals surface area contributed by atoms with E-state index in [0.717, 1.165) is 12.7 Å².